The molecule has 0 aliphatic heterocycles. The Bertz CT molecular complexity index is 828. The Hall–Kier alpha value is -2.49. The molecule has 1 aromatic heterocycles. The summed E-state index contributed by atoms with van der Waals surface area (Å²) in [6.45, 7) is 4.14. The molecular weight excluding hydrogens is 265 g/mol. The summed E-state index contributed by atoms with van der Waals surface area (Å²) in [5, 5.41) is 3.70. The van der Waals surface area contributed by atoms with E-state index in [-0.39, 0.29) is 5.82 Å². The monoisotopic (exact) mass is 281 g/mol. The van der Waals surface area contributed by atoms with Crippen molar-refractivity contribution in [2.45, 2.75) is 13.8 Å². The van der Waals surface area contributed by atoms with Gasteiger partial charge in [0.15, 0.2) is 5.82 Å². The van der Waals surface area contributed by atoms with Crippen LogP contribution in [-0.4, -0.2) is 17.0 Å². The van der Waals surface area contributed by atoms with Gasteiger partial charge in [0, 0.05) is 18.0 Å². The maximum Gasteiger partial charge on any atom is 0.162 e. The number of nitrogens with one attached hydrogen (secondary N) is 1. The molecule has 21 heavy (non-hydrogen) atoms. The molecule has 0 aliphatic rings. The first-order chi connectivity index (χ1) is 10.1. The first-order valence-corrected chi connectivity index (χ1v) is 6.81. The van der Waals surface area contributed by atoms with Crippen LogP contribution in [-0.2, 0) is 0 Å². The van der Waals surface area contributed by atoms with Gasteiger partial charge in [-0.3, -0.25) is 0 Å². The number of benzene rings is 2. The Morgan fingerprint density at radius 3 is 2.48 bits per heavy atom. The van der Waals surface area contributed by atoms with E-state index in [9.17, 15) is 4.39 Å². The molecule has 0 saturated heterocycles. The van der Waals surface area contributed by atoms with Gasteiger partial charge in [-0.1, -0.05) is 12.1 Å². The molecule has 106 valence electrons. The minimum absolute atomic E-state index is 0.290. The number of nitrogens with zero attached hydrogens (tertiary/aromatic N) is 2. The van der Waals surface area contributed by atoms with E-state index in [1.165, 1.54) is 23.3 Å². The van der Waals surface area contributed by atoms with E-state index >= 15 is 0 Å². The lowest BCUT2D eigenvalue weighted by Crippen LogP contribution is -1.99. The number of rotatable bonds is 2. The smallest absolute Gasteiger partial charge is 0.162 e. The predicted molar refractivity (Wildman–Crippen MR) is 84.0 cm³/mol. The van der Waals surface area contributed by atoms with Crippen molar-refractivity contribution in [2.75, 3.05) is 12.4 Å². The fourth-order valence-corrected chi connectivity index (χ4v) is 2.30. The van der Waals surface area contributed by atoms with Gasteiger partial charge < -0.3 is 5.32 Å². The average Bonchev–Trinajstić information content (AvgIpc) is 2.49. The normalized spacial score (nSPS) is 10.9. The van der Waals surface area contributed by atoms with Crippen molar-refractivity contribution in [1.82, 2.24) is 9.97 Å². The van der Waals surface area contributed by atoms with Gasteiger partial charge in [0.25, 0.3) is 0 Å². The SMILES string of the molecule is CNc1nc(-c2ccc(C)c(C)c2)nc2ccc(F)cc12. The number of hydrogen-bond acceptors (Lipinski definition) is 3. The summed E-state index contributed by atoms with van der Waals surface area (Å²) in [6.07, 6.45) is 0. The van der Waals surface area contributed by atoms with Crippen LogP contribution in [0.15, 0.2) is 36.4 Å². The second kappa shape index (κ2) is 5.13. The van der Waals surface area contributed by atoms with Crippen molar-refractivity contribution in [3.63, 3.8) is 0 Å². The highest BCUT2D eigenvalue weighted by molar-refractivity contribution is 5.90. The molecule has 0 saturated carbocycles. The van der Waals surface area contributed by atoms with Gasteiger partial charge >= 0.3 is 0 Å². The molecular formula is C17H16FN3. The van der Waals surface area contributed by atoms with Crippen molar-refractivity contribution < 1.29 is 4.39 Å². The van der Waals surface area contributed by atoms with Crippen LogP contribution in [0, 0.1) is 19.7 Å². The van der Waals surface area contributed by atoms with E-state index in [0.717, 1.165) is 11.1 Å². The van der Waals surface area contributed by atoms with Crippen LogP contribution in [0.3, 0.4) is 0 Å². The van der Waals surface area contributed by atoms with Crippen molar-refractivity contribution >= 4 is 16.7 Å². The van der Waals surface area contributed by atoms with Crippen LogP contribution in [0.1, 0.15) is 11.1 Å². The van der Waals surface area contributed by atoms with Crippen LogP contribution in [0.4, 0.5) is 10.2 Å². The maximum absolute atomic E-state index is 13.4. The molecule has 0 bridgehead atoms. The predicted octanol–water partition coefficient (Wildman–Crippen LogP) is 4.09. The molecule has 0 fully saturated rings. The van der Waals surface area contributed by atoms with Crippen LogP contribution < -0.4 is 5.32 Å². The zero-order valence-corrected chi connectivity index (χ0v) is 12.2. The molecule has 3 nitrogen and oxygen atoms in total. The molecule has 2 aromatic carbocycles. The topological polar surface area (TPSA) is 37.8 Å². The molecule has 0 atom stereocenters. The number of halogens is 1. The Morgan fingerprint density at radius 2 is 1.76 bits per heavy atom. The summed E-state index contributed by atoms with van der Waals surface area (Å²) < 4.78 is 13.4. The average molecular weight is 281 g/mol. The van der Waals surface area contributed by atoms with Crippen molar-refractivity contribution in [3.05, 3.63) is 53.3 Å². The third kappa shape index (κ3) is 2.44. The number of aryl methyl sites for hydroxylation is 2. The summed E-state index contributed by atoms with van der Waals surface area (Å²) in [6, 6.07) is 10.7. The fraction of sp³-hybridized carbons (Fsp3) is 0.176. The largest absolute Gasteiger partial charge is 0.373 e. The van der Waals surface area contributed by atoms with Gasteiger partial charge in [0.2, 0.25) is 0 Å². The number of aromatic nitrogens is 2. The second-order valence-corrected chi connectivity index (χ2v) is 5.11. The molecule has 1 heterocycles. The summed E-state index contributed by atoms with van der Waals surface area (Å²) in [5.74, 6) is 0.982. The molecule has 0 spiro atoms. The van der Waals surface area contributed by atoms with E-state index in [4.69, 9.17) is 0 Å². The van der Waals surface area contributed by atoms with Gasteiger partial charge in [-0.15, -0.1) is 0 Å². The van der Waals surface area contributed by atoms with E-state index < -0.39 is 0 Å². The van der Waals surface area contributed by atoms with Crippen LogP contribution in [0.2, 0.25) is 0 Å². The van der Waals surface area contributed by atoms with Gasteiger partial charge in [-0.05, 0) is 49.2 Å². The molecule has 0 amide bonds. The third-order valence-electron chi connectivity index (χ3n) is 3.66. The van der Waals surface area contributed by atoms with Crippen molar-refractivity contribution in [1.29, 1.82) is 0 Å². The summed E-state index contributed by atoms with van der Waals surface area (Å²) in [5.41, 5.74) is 4.11. The van der Waals surface area contributed by atoms with E-state index in [2.05, 4.69) is 41.3 Å². The molecule has 0 radical (unpaired) electrons. The Kier molecular flexibility index (Phi) is 3.29. The lowest BCUT2D eigenvalue weighted by molar-refractivity contribution is 0.629. The molecule has 3 aromatic rings. The fourth-order valence-electron chi connectivity index (χ4n) is 2.30. The highest BCUT2D eigenvalue weighted by atomic mass is 19.1. The first kappa shape index (κ1) is 13.5. The lowest BCUT2D eigenvalue weighted by atomic mass is 10.1. The minimum atomic E-state index is -0.290. The van der Waals surface area contributed by atoms with E-state index in [1.54, 1.807) is 13.1 Å². The van der Waals surface area contributed by atoms with Gasteiger partial charge in [-0.2, -0.15) is 0 Å². The van der Waals surface area contributed by atoms with Crippen LogP contribution >= 0.6 is 0 Å². The number of fused-ring (bicyclic) bond motifs is 1. The zero-order chi connectivity index (χ0) is 15.0. The Balaban J connectivity index is 2.23. The van der Waals surface area contributed by atoms with E-state index in [0.29, 0.717) is 17.0 Å². The highest BCUT2D eigenvalue weighted by Crippen LogP contribution is 2.26. The Morgan fingerprint density at radius 1 is 0.952 bits per heavy atom. The number of anilines is 1. The summed E-state index contributed by atoms with van der Waals surface area (Å²) in [4.78, 5) is 9.06. The van der Waals surface area contributed by atoms with Crippen LogP contribution in [0.25, 0.3) is 22.3 Å². The van der Waals surface area contributed by atoms with E-state index in [1.807, 2.05) is 6.07 Å². The first-order valence-electron chi connectivity index (χ1n) is 6.81. The lowest BCUT2D eigenvalue weighted by Gasteiger charge is -2.09. The highest BCUT2D eigenvalue weighted by Gasteiger charge is 2.10. The Labute approximate surface area is 122 Å². The maximum atomic E-state index is 13.4. The van der Waals surface area contributed by atoms with Gasteiger partial charge in [0.1, 0.15) is 11.6 Å². The summed E-state index contributed by atoms with van der Waals surface area (Å²) in [7, 11) is 1.77. The number of hydrogen-bond donors (Lipinski definition) is 1. The standard InChI is InChI=1S/C17H16FN3/c1-10-4-5-12(8-11(10)2)16-20-15-7-6-13(18)9-14(15)17(19-3)21-16/h4-9H,1-3H3,(H,19,20,21). The minimum Gasteiger partial charge on any atom is -0.373 e. The zero-order valence-electron chi connectivity index (χ0n) is 12.2. The second-order valence-electron chi connectivity index (χ2n) is 5.11. The molecule has 1 N–H and O–H groups in total. The molecule has 0 aliphatic carbocycles. The van der Waals surface area contributed by atoms with Crippen molar-refractivity contribution in [3.8, 4) is 11.4 Å². The molecule has 3 rings (SSSR count). The third-order valence-corrected chi connectivity index (χ3v) is 3.66. The van der Waals surface area contributed by atoms with Crippen LogP contribution in [0.5, 0.6) is 0 Å². The van der Waals surface area contributed by atoms with Crippen molar-refractivity contribution in [2.24, 2.45) is 0 Å². The van der Waals surface area contributed by atoms with Gasteiger partial charge in [0.05, 0.1) is 5.52 Å². The quantitative estimate of drug-likeness (QED) is 0.768. The summed E-state index contributed by atoms with van der Waals surface area (Å²) >= 11 is 0. The van der Waals surface area contributed by atoms with Gasteiger partial charge in [-0.25, -0.2) is 14.4 Å². The molecule has 0 unspecified atom stereocenters. The molecule has 4 heteroatoms.